The van der Waals surface area contributed by atoms with Crippen molar-refractivity contribution in [3.05, 3.63) is 39.3 Å². The van der Waals surface area contributed by atoms with Crippen LogP contribution in [0.3, 0.4) is 0 Å². The van der Waals surface area contributed by atoms with Crippen LogP contribution in [0.4, 0.5) is 0 Å². The van der Waals surface area contributed by atoms with E-state index in [1.165, 1.54) is 0 Å². The summed E-state index contributed by atoms with van der Waals surface area (Å²) in [6.45, 7) is 0. The molecule has 0 bridgehead atoms. The summed E-state index contributed by atoms with van der Waals surface area (Å²) in [5.41, 5.74) is 0. The van der Waals surface area contributed by atoms with Crippen molar-refractivity contribution in [3.63, 3.8) is 0 Å². The molecule has 0 unspecified atom stereocenters. The van der Waals surface area contributed by atoms with Crippen LogP contribution in [-0.4, -0.2) is 4.98 Å². The van der Waals surface area contributed by atoms with Crippen molar-refractivity contribution in [2.24, 2.45) is 0 Å². The summed E-state index contributed by atoms with van der Waals surface area (Å²) in [4.78, 5) is 5.32. The van der Waals surface area contributed by atoms with Crippen LogP contribution in [0, 0.1) is 0 Å². The zero-order valence-electron chi connectivity index (χ0n) is 6.91. The molecule has 0 spiro atoms. The maximum atomic E-state index is 6.03. The molecule has 0 aliphatic carbocycles. The van der Waals surface area contributed by atoms with Crippen LogP contribution in [-0.2, 0) is 0 Å². The van der Waals surface area contributed by atoms with Crippen LogP contribution in [0.25, 0.3) is 0 Å². The van der Waals surface area contributed by atoms with Crippen molar-refractivity contribution < 1.29 is 0 Å². The van der Waals surface area contributed by atoms with Crippen molar-refractivity contribution >= 4 is 50.6 Å². The Balaban J connectivity index is 2.23. The molecule has 0 saturated carbocycles. The third-order valence-corrected chi connectivity index (χ3v) is 4.65. The molecule has 1 nitrogen and oxygen atoms in total. The van der Waals surface area contributed by atoms with Crippen molar-refractivity contribution in [3.8, 4) is 0 Å². The Bertz CT molecular complexity index is 444. The summed E-state index contributed by atoms with van der Waals surface area (Å²) in [5.74, 6) is 0. The molecule has 72 valence electrons. The number of benzene rings is 1. The molecule has 5 heteroatoms. The van der Waals surface area contributed by atoms with Crippen LogP contribution in [0.5, 0.6) is 0 Å². The van der Waals surface area contributed by atoms with E-state index in [9.17, 15) is 0 Å². The van der Waals surface area contributed by atoms with Gasteiger partial charge in [0.05, 0.1) is 5.02 Å². The van der Waals surface area contributed by atoms with Crippen LogP contribution >= 0.6 is 50.6 Å². The fraction of sp³-hybridized carbons (Fsp3) is 0. The molecular formula is C9H5BrClNS2. The molecule has 0 fully saturated rings. The van der Waals surface area contributed by atoms with Crippen molar-refractivity contribution in [2.75, 3.05) is 0 Å². The smallest absolute Gasteiger partial charge is 0.156 e. The molecular weight excluding hydrogens is 302 g/mol. The van der Waals surface area contributed by atoms with Crippen molar-refractivity contribution in [1.29, 1.82) is 0 Å². The van der Waals surface area contributed by atoms with Gasteiger partial charge in [-0.1, -0.05) is 35.5 Å². The number of nitrogens with zero attached hydrogens (tertiary/aromatic N) is 1. The normalized spacial score (nSPS) is 10.4. The second-order valence-electron chi connectivity index (χ2n) is 2.47. The Kier molecular flexibility index (Phi) is 3.49. The van der Waals surface area contributed by atoms with E-state index < -0.39 is 0 Å². The first-order chi connectivity index (χ1) is 6.75. The molecule has 0 N–H and O–H groups in total. The van der Waals surface area contributed by atoms with Crippen molar-refractivity contribution in [1.82, 2.24) is 4.98 Å². The van der Waals surface area contributed by atoms with Gasteiger partial charge in [-0.25, -0.2) is 4.98 Å². The molecule has 14 heavy (non-hydrogen) atoms. The highest BCUT2D eigenvalue weighted by molar-refractivity contribution is 9.10. The Morgan fingerprint density at radius 2 is 2.14 bits per heavy atom. The molecule has 1 aromatic heterocycles. The zero-order valence-corrected chi connectivity index (χ0v) is 10.9. The molecule has 0 aliphatic heterocycles. The highest BCUT2D eigenvalue weighted by Gasteiger charge is 2.04. The quantitative estimate of drug-likeness (QED) is 0.797. The van der Waals surface area contributed by atoms with Gasteiger partial charge in [-0.05, 0) is 28.1 Å². The van der Waals surface area contributed by atoms with Gasteiger partial charge in [0.25, 0.3) is 0 Å². The minimum absolute atomic E-state index is 0.767. The van der Waals surface area contributed by atoms with Crippen LogP contribution in [0.2, 0.25) is 5.02 Å². The summed E-state index contributed by atoms with van der Waals surface area (Å²) >= 11 is 12.5. The minimum Gasteiger partial charge on any atom is -0.222 e. The zero-order chi connectivity index (χ0) is 9.97. The van der Waals surface area contributed by atoms with Gasteiger partial charge in [-0.15, -0.1) is 11.3 Å². The molecule has 2 aromatic rings. The minimum atomic E-state index is 0.767. The third kappa shape index (κ3) is 2.51. The van der Waals surface area contributed by atoms with Crippen LogP contribution in [0.15, 0.2) is 43.5 Å². The van der Waals surface area contributed by atoms with Gasteiger partial charge in [0.1, 0.15) is 4.60 Å². The van der Waals surface area contributed by atoms with E-state index in [1.54, 1.807) is 23.1 Å². The standard InChI is InChI=1S/C9H5BrClNS2/c10-8-5-13-9(12-8)14-7-4-2-1-3-6(7)11/h1-5H. The fourth-order valence-electron chi connectivity index (χ4n) is 0.907. The molecule has 1 aromatic carbocycles. The van der Waals surface area contributed by atoms with Gasteiger partial charge in [-0.3, -0.25) is 0 Å². The highest BCUT2D eigenvalue weighted by atomic mass is 79.9. The highest BCUT2D eigenvalue weighted by Crippen LogP contribution is 2.35. The van der Waals surface area contributed by atoms with E-state index in [2.05, 4.69) is 20.9 Å². The predicted octanol–water partition coefficient (Wildman–Crippen LogP) is 4.71. The third-order valence-electron chi connectivity index (χ3n) is 1.49. The lowest BCUT2D eigenvalue weighted by atomic mass is 10.4. The molecule has 0 saturated heterocycles. The summed E-state index contributed by atoms with van der Waals surface area (Å²) < 4.78 is 1.86. The average Bonchev–Trinajstić information content (AvgIpc) is 2.56. The Hall–Kier alpha value is -0.0300. The van der Waals surface area contributed by atoms with E-state index in [-0.39, 0.29) is 0 Å². The first-order valence-electron chi connectivity index (χ1n) is 3.79. The van der Waals surface area contributed by atoms with E-state index in [1.807, 2.05) is 29.6 Å². The summed E-state index contributed by atoms with van der Waals surface area (Å²) in [6.07, 6.45) is 0. The van der Waals surface area contributed by atoms with Gasteiger partial charge in [0.2, 0.25) is 0 Å². The molecule has 1 heterocycles. The number of hydrogen-bond acceptors (Lipinski definition) is 3. The van der Waals surface area contributed by atoms with Gasteiger partial charge >= 0.3 is 0 Å². The molecule has 0 radical (unpaired) electrons. The fourth-order valence-corrected chi connectivity index (χ4v) is 3.50. The molecule has 0 atom stereocenters. The number of rotatable bonds is 2. The first kappa shape index (κ1) is 10.5. The predicted molar refractivity (Wildman–Crippen MR) is 65.4 cm³/mol. The number of hydrogen-bond donors (Lipinski definition) is 0. The van der Waals surface area contributed by atoms with Crippen molar-refractivity contribution in [2.45, 2.75) is 9.24 Å². The maximum Gasteiger partial charge on any atom is 0.156 e. The van der Waals surface area contributed by atoms with Crippen LogP contribution < -0.4 is 0 Å². The lowest BCUT2D eigenvalue weighted by Gasteiger charge is -1.99. The number of aromatic nitrogens is 1. The monoisotopic (exact) mass is 305 g/mol. The maximum absolute atomic E-state index is 6.03. The topological polar surface area (TPSA) is 12.9 Å². The van der Waals surface area contributed by atoms with E-state index >= 15 is 0 Å². The number of halogens is 2. The van der Waals surface area contributed by atoms with Gasteiger partial charge < -0.3 is 0 Å². The largest absolute Gasteiger partial charge is 0.222 e. The second-order valence-corrected chi connectivity index (χ2v) is 5.84. The summed E-state index contributed by atoms with van der Waals surface area (Å²) in [6, 6.07) is 7.76. The molecule has 2 rings (SSSR count). The number of thiazole rings is 1. The lowest BCUT2D eigenvalue weighted by molar-refractivity contribution is 1.21. The Labute approximate surface area is 104 Å². The first-order valence-corrected chi connectivity index (χ1v) is 6.66. The van der Waals surface area contributed by atoms with Gasteiger partial charge in [-0.2, -0.15) is 0 Å². The second kappa shape index (κ2) is 4.66. The van der Waals surface area contributed by atoms with E-state index in [0.29, 0.717) is 0 Å². The van der Waals surface area contributed by atoms with E-state index in [0.717, 1.165) is 18.9 Å². The summed E-state index contributed by atoms with van der Waals surface area (Å²) in [7, 11) is 0. The van der Waals surface area contributed by atoms with Crippen LogP contribution in [0.1, 0.15) is 0 Å². The average molecular weight is 307 g/mol. The van der Waals surface area contributed by atoms with Gasteiger partial charge in [0.15, 0.2) is 4.34 Å². The summed E-state index contributed by atoms with van der Waals surface area (Å²) in [5, 5.41) is 2.72. The Morgan fingerprint density at radius 1 is 1.36 bits per heavy atom. The van der Waals surface area contributed by atoms with Gasteiger partial charge in [0, 0.05) is 10.3 Å². The van der Waals surface area contributed by atoms with E-state index in [4.69, 9.17) is 11.6 Å². The molecule has 0 amide bonds. The lowest BCUT2D eigenvalue weighted by Crippen LogP contribution is -1.73. The Morgan fingerprint density at radius 3 is 2.79 bits per heavy atom. The molecule has 0 aliphatic rings. The SMILES string of the molecule is Clc1ccccc1Sc1nc(Br)cs1.